The summed E-state index contributed by atoms with van der Waals surface area (Å²) < 4.78 is 0. The van der Waals surface area contributed by atoms with Crippen LogP contribution in [-0.2, 0) is 30.4 Å². The van der Waals surface area contributed by atoms with E-state index in [1.54, 1.807) is 6.26 Å². The fourth-order valence-corrected chi connectivity index (χ4v) is 3.41. The van der Waals surface area contributed by atoms with Gasteiger partial charge in [0.15, 0.2) is 6.04 Å². The van der Waals surface area contributed by atoms with Crippen LogP contribution < -0.4 is 21.7 Å². The highest BCUT2D eigenvalue weighted by molar-refractivity contribution is 7.98. The van der Waals surface area contributed by atoms with Gasteiger partial charge in [-0.1, -0.05) is 0 Å². The van der Waals surface area contributed by atoms with E-state index < -0.39 is 59.9 Å². The van der Waals surface area contributed by atoms with Gasteiger partial charge in [0.05, 0.1) is 18.5 Å². The Morgan fingerprint density at radius 2 is 1.69 bits per heavy atom. The van der Waals surface area contributed by atoms with Crippen molar-refractivity contribution in [2.45, 2.75) is 62.9 Å². The maximum Gasteiger partial charge on any atom is 0.328 e. The number of aliphatic carboxylic acids is 2. The smallest absolute Gasteiger partial charge is 0.328 e. The molecule has 0 fully saturated rings. The zero-order chi connectivity index (χ0) is 26.5. The number of carboxylic acids is 2. The Kier molecular flexibility index (Phi) is 12.8. The summed E-state index contributed by atoms with van der Waals surface area (Å²) >= 11 is 1.40. The van der Waals surface area contributed by atoms with Crippen LogP contribution in [0.5, 0.6) is 0 Å². The van der Waals surface area contributed by atoms with Crippen molar-refractivity contribution in [1.82, 2.24) is 25.9 Å². The van der Waals surface area contributed by atoms with Crippen molar-refractivity contribution >= 4 is 41.4 Å². The molecular weight excluding hydrogens is 484 g/mol. The van der Waals surface area contributed by atoms with Crippen LogP contribution in [0.4, 0.5) is 0 Å². The first-order valence-corrected chi connectivity index (χ1v) is 12.1. The van der Waals surface area contributed by atoms with Gasteiger partial charge < -0.3 is 42.0 Å². The van der Waals surface area contributed by atoms with Gasteiger partial charge in [-0.2, -0.15) is 11.8 Å². The van der Waals surface area contributed by atoms with Crippen molar-refractivity contribution in [2.24, 2.45) is 5.73 Å². The molecule has 1 aromatic heterocycles. The molecule has 0 aliphatic rings. The molecule has 15 heteroatoms. The van der Waals surface area contributed by atoms with Crippen molar-refractivity contribution in [3.63, 3.8) is 0 Å². The molecule has 0 bridgehead atoms. The van der Waals surface area contributed by atoms with Gasteiger partial charge in [-0.25, -0.2) is 9.78 Å². The number of H-pyrrole nitrogens is 1. The lowest BCUT2D eigenvalue weighted by atomic mass is 10.1. The number of nitrogens with one attached hydrogen (secondary N) is 4. The topological polar surface area (TPSA) is 237 Å². The van der Waals surface area contributed by atoms with E-state index in [-0.39, 0.29) is 25.7 Å². The van der Waals surface area contributed by atoms with E-state index in [9.17, 15) is 34.2 Å². The van der Waals surface area contributed by atoms with Gasteiger partial charge in [0.1, 0.15) is 12.1 Å². The number of amides is 3. The van der Waals surface area contributed by atoms with Crippen LogP contribution in [0.2, 0.25) is 0 Å². The average molecular weight is 517 g/mol. The number of carboxylic acid groups (broad SMARTS) is 2. The summed E-state index contributed by atoms with van der Waals surface area (Å²) in [6.07, 6.45) is 2.85. The molecule has 0 aliphatic heterocycles. The first kappa shape index (κ1) is 29.9. The predicted octanol–water partition coefficient (Wildman–Crippen LogP) is -2.18. The quantitative estimate of drug-likeness (QED) is 0.117. The maximum atomic E-state index is 13.1. The summed E-state index contributed by atoms with van der Waals surface area (Å²) in [5, 5.41) is 34.8. The van der Waals surface area contributed by atoms with Crippen LogP contribution >= 0.6 is 11.8 Å². The number of nitrogens with zero attached hydrogens (tertiary/aromatic N) is 1. The first-order valence-electron chi connectivity index (χ1n) is 10.7. The van der Waals surface area contributed by atoms with Gasteiger partial charge in [-0.05, 0) is 31.8 Å². The molecule has 196 valence electrons. The van der Waals surface area contributed by atoms with Gasteiger partial charge in [0.25, 0.3) is 0 Å². The number of thioether (sulfide) groups is 1. The van der Waals surface area contributed by atoms with E-state index in [4.69, 9.17) is 10.8 Å². The summed E-state index contributed by atoms with van der Waals surface area (Å²) in [6.45, 7) is 1.21. The Morgan fingerprint density at radius 1 is 1.06 bits per heavy atom. The van der Waals surface area contributed by atoms with E-state index in [0.29, 0.717) is 11.4 Å². The van der Waals surface area contributed by atoms with Crippen LogP contribution in [0, 0.1) is 0 Å². The zero-order valence-electron chi connectivity index (χ0n) is 19.4. The molecule has 1 aromatic rings. The highest BCUT2D eigenvalue weighted by atomic mass is 32.2. The van der Waals surface area contributed by atoms with E-state index in [0.717, 1.165) is 0 Å². The van der Waals surface area contributed by atoms with E-state index in [1.165, 1.54) is 31.2 Å². The Labute approximate surface area is 205 Å². The van der Waals surface area contributed by atoms with Gasteiger partial charge in [0, 0.05) is 24.7 Å². The number of rotatable bonds is 16. The number of aromatic nitrogens is 2. The Hall–Kier alpha value is -3.17. The Bertz CT molecular complexity index is 866. The Morgan fingerprint density at radius 3 is 2.20 bits per heavy atom. The third kappa shape index (κ3) is 10.7. The number of hydrogen-bond donors (Lipinski definition) is 8. The standard InChI is InChI=1S/C20H32N6O8S/c1-10(27)16(20(33)34)26-18(31)13(5-6-35-2)24-19(32)14(7-11-8-22-9-23-11)25-17(30)12(21)3-4-15(28)29/h8-10,12-14,16,27H,3-7,21H2,1-2H3,(H,22,23)(H,24,32)(H,25,30)(H,26,31)(H,28,29)(H,33,34). The summed E-state index contributed by atoms with van der Waals surface area (Å²) in [5.74, 6) is -4.43. The summed E-state index contributed by atoms with van der Waals surface area (Å²) in [5.41, 5.74) is 6.24. The summed E-state index contributed by atoms with van der Waals surface area (Å²) in [4.78, 5) is 67.0. The molecule has 5 atom stereocenters. The number of hydrogen-bond acceptors (Lipinski definition) is 9. The number of nitrogens with two attached hydrogens (primary N) is 1. The molecule has 0 spiro atoms. The molecule has 0 aliphatic carbocycles. The molecule has 1 rings (SSSR count). The first-order chi connectivity index (χ1) is 16.5. The second-order valence-electron chi connectivity index (χ2n) is 7.79. The highest BCUT2D eigenvalue weighted by Crippen LogP contribution is 2.06. The fraction of sp³-hybridized carbons (Fsp3) is 0.600. The van der Waals surface area contributed by atoms with Gasteiger partial charge >= 0.3 is 11.9 Å². The molecule has 9 N–H and O–H groups in total. The SMILES string of the molecule is CSCCC(NC(=O)C(Cc1cnc[nH]1)NC(=O)C(N)CCC(=O)O)C(=O)NC(C(=O)O)C(C)O. The molecule has 5 unspecified atom stereocenters. The van der Waals surface area contributed by atoms with Crippen molar-refractivity contribution in [3.8, 4) is 0 Å². The molecule has 35 heavy (non-hydrogen) atoms. The van der Waals surface area contributed by atoms with Crippen LogP contribution in [0.3, 0.4) is 0 Å². The van der Waals surface area contributed by atoms with Gasteiger partial charge in [-0.15, -0.1) is 0 Å². The lowest BCUT2D eigenvalue weighted by Gasteiger charge is -2.25. The summed E-state index contributed by atoms with van der Waals surface area (Å²) in [6, 6.07) is -5.11. The second kappa shape index (κ2) is 15.0. The van der Waals surface area contributed by atoms with Crippen molar-refractivity contribution in [2.75, 3.05) is 12.0 Å². The number of imidazole rings is 1. The third-order valence-electron chi connectivity index (χ3n) is 4.91. The molecule has 1 heterocycles. The lowest BCUT2D eigenvalue weighted by Crippen LogP contribution is -2.58. The molecule has 0 saturated heterocycles. The average Bonchev–Trinajstić information content (AvgIpc) is 3.30. The monoisotopic (exact) mass is 516 g/mol. The normalized spacial score (nSPS) is 15.2. The molecule has 0 aromatic carbocycles. The minimum atomic E-state index is -1.58. The third-order valence-corrected chi connectivity index (χ3v) is 5.55. The van der Waals surface area contributed by atoms with Crippen molar-refractivity contribution in [3.05, 3.63) is 18.2 Å². The van der Waals surface area contributed by atoms with Gasteiger partial charge in [-0.3, -0.25) is 19.2 Å². The molecular formula is C20H32N6O8S. The molecule has 14 nitrogen and oxygen atoms in total. The molecule has 0 radical (unpaired) electrons. The van der Waals surface area contributed by atoms with Gasteiger partial charge in [0.2, 0.25) is 17.7 Å². The summed E-state index contributed by atoms with van der Waals surface area (Å²) in [7, 11) is 0. The number of aliphatic hydroxyl groups is 1. The number of carbonyl (C=O) groups excluding carboxylic acids is 3. The van der Waals surface area contributed by atoms with Crippen LogP contribution in [-0.4, -0.2) is 97.2 Å². The van der Waals surface area contributed by atoms with E-state index in [1.807, 2.05) is 0 Å². The van der Waals surface area contributed by atoms with Crippen LogP contribution in [0.1, 0.15) is 31.9 Å². The highest BCUT2D eigenvalue weighted by Gasteiger charge is 2.32. The van der Waals surface area contributed by atoms with E-state index in [2.05, 4.69) is 25.9 Å². The van der Waals surface area contributed by atoms with Crippen LogP contribution in [0.15, 0.2) is 12.5 Å². The number of aromatic amines is 1. The lowest BCUT2D eigenvalue weighted by molar-refractivity contribution is -0.145. The fourth-order valence-electron chi connectivity index (χ4n) is 2.93. The largest absolute Gasteiger partial charge is 0.481 e. The Balaban J connectivity index is 3.01. The van der Waals surface area contributed by atoms with Crippen molar-refractivity contribution in [1.29, 1.82) is 0 Å². The molecule has 0 saturated carbocycles. The zero-order valence-corrected chi connectivity index (χ0v) is 20.2. The predicted molar refractivity (Wildman–Crippen MR) is 125 cm³/mol. The maximum absolute atomic E-state index is 13.1. The van der Waals surface area contributed by atoms with Crippen molar-refractivity contribution < 1.29 is 39.3 Å². The number of aliphatic hydroxyl groups excluding tert-OH is 1. The minimum absolute atomic E-state index is 0.0362. The van der Waals surface area contributed by atoms with Crippen LogP contribution in [0.25, 0.3) is 0 Å². The minimum Gasteiger partial charge on any atom is -0.481 e. The second-order valence-corrected chi connectivity index (χ2v) is 8.77. The number of carbonyl (C=O) groups is 5. The van der Waals surface area contributed by atoms with E-state index >= 15 is 0 Å². The molecule has 3 amide bonds.